The largest absolute Gasteiger partial charge is 0.507 e. The molecule has 0 aliphatic carbocycles. The standard InChI is InChI=1S/C21H30N2O3S/c1-12(2)23(26)19-22-18(25)16(27-19)11-13-9-14(20(3,4)5)17(24)15(10-13)21(6,7)8/h9-12,24,26H,1-8H3/b16-11-. The lowest BCUT2D eigenvalue weighted by atomic mass is 9.78. The van der Waals surface area contributed by atoms with Crippen LogP contribution in [-0.2, 0) is 15.6 Å². The second kappa shape index (κ2) is 7.32. The number of carbonyl (C=O) groups is 1. The number of rotatable bonds is 2. The number of amidine groups is 1. The van der Waals surface area contributed by atoms with E-state index in [0.29, 0.717) is 10.7 Å². The van der Waals surface area contributed by atoms with Gasteiger partial charge in [-0.3, -0.25) is 10.0 Å². The number of aromatic hydroxyl groups is 1. The fraction of sp³-hybridized carbons (Fsp3) is 0.524. The smallest absolute Gasteiger partial charge is 0.286 e. The number of phenols is 1. The molecule has 1 aliphatic rings. The average molecular weight is 391 g/mol. The number of aliphatic imine (C=N–C) groups is 1. The zero-order chi connectivity index (χ0) is 20.7. The van der Waals surface area contributed by atoms with Gasteiger partial charge >= 0.3 is 0 Å². The summed E-state index contributed by atoms with van der Waals surface area (Å²) in [6, 6.07) is 3.67. The first kappa shape index (κ1) is 21.5. The van der Waals surface area contributed by atoms with Crippen LogP contribution < -0.4 is 0 Å². The van der Waals surface area contributed by atoms with Crippen LogP contribution in [0.2, 0.25) is 0 Å². The molecule has 1 aromatic carbocycles. The van der Waals surface area contributed by atoms with Crippen molar-refractivity contribution in [3.05, 3.63) is 33.7 Å². The maximum absolute atomic E-state index is 12.3. The summed E-state index contributed by atoms with van der Waals surface area (Å²) < 4.78 is 0. The molecule has 0 aromatic heterocycles. The highest BCUT2D eigenvalue weighted by molar-refractivity contribution is 8.18. The molecule has 6 heteroatoms. The number of hydroxylamine groups is 2. The summed E-state index contributed by atoms with van der Waals surface area (Å²) in [6.45, 7) is 15.9. The average Bonchev–Trinajstić information content (AvgIpc) is 2.86. The molecule has 2 rings (SSSR count). The first-order valence-electron chi connectivity index (χ1n) is 9.10. The Morgan fingerprint density at radius 2 is 1.56 bits per heavy atom. The number of carbonyl (C=O) groups excluding carboxylic acids is 1. The van der Waals surface area contributed by atoms with Crippen molar-refractivity contribution in [1.29, 1.82) is 0 Å². The Morgan fingerprint density at radius 1 is 1.07 bits per heavy atom. The number of benzene rings is 1. The summed E-state index contributed by atoms with van der Waals surface area (Å²) in [5, 5.41) is 22.1. The van der Waals surface area contributed by atoms with Gasteiger partial charge in [-0.1, -0.05) is 41.5 Å². The van der Waals surface area contributed by atoms with Gasteiger partial charge in [0.15, 0.2) is 5.17 Å². The molecular weight excluding hydrogens is 360 g/mol. The summed E-state index contributed by atoms with van der Waals surface area (Å²) >= 11 is 1.16. The van der Waals surface area contributed by atoms with Crippen molar-refractivity contribution in [1.82, 2.24) is 5.06 Å². The van der Waals surface area contributed by atoms with Crippen molar-refractivity contribution in [2.45, 2.75) is 72.3 Å². The van der Waals surface area contributed by atoms with Crippen LogP contribution in [0.15, 0.2) is 22.0 Å². The topological polar surface area (TPSA) is 73.1 Å². The molecule has 0 atom stereocenters. The Labute approximate surface area is 166 Å². The Hall–Kier alpha value is -1.79. The van der Waals surface area contributed by atoms with Crippen molar-refractivity contribution in [2.75, 3.05) is 0 Å². The van der Waals surface area contributed by atoms with E-state index >= 15 is 0 Å². The Balaban J connectivity index is 2.51. The number of phenolic OH excluding ortho intramolecular Hbond substituents is 1. The molecule has 1 heterocycles. The minimum atomic E-state index is -0.364. The molecule has 0 fully saturated rings. The van der Waals surface area contributed by atoms with E-state index in [2.05, 4.69) is 4.99 Å². The first-order valence-corrected chi connectivity index (χ1v) is 9.92. The fourth-order valence-electron chi connectivity index (χ4n) is 2.75. The van der Waals surface area contributed by atoms with Gasteiger partial charge < -0.3 is 5.11 Å². The van der Waals surface area contributed by atoms with Gasteiger partial charge in [0.1, 0.15) is 5.75 Å². The number of hydrogen-bond donors (Lipinski definition) is 2. The zero-order valence-corrected chi connectivity index (χ0v) is 18.2. The van der Waals surface area contributed by atoms with Crippen molar-refractivity contribution < 1.29 is 15.1 Å². The summed E-state index contributed by atoms with van der Waals surface area (Å²) in [4.78, 5) is 16.7. The lowest BCUT2D eigenvalue weighted by molar-refractivity contribution is -0.113. The van der Waals surface area contributed by atoms with E-state index in [4.69, 9.17) is 0 Å². The van der Waals surface area contributed by atoms with E-state index in [1.807, 2.05) is 67.5 Å². The summed E-state index contributed by atoms with van der Waals surface area (Å²) in [5.41, 5.74) is 2.02. The SMILES string of the molecule is CC(C)N(O)C1=NC(=O)/C(=C/c2cc(C(C)(C)C)c(O)c(C(C)(C)C)c2)S1. The molecule has 0 saturated heterocycles. The van der Waals surface area contributed by atoms with Gasteiger partial charge in [-0.25, -0.2) is 5.06 Å². The fourth-order valence-corrected chi connectivity index (χ4v) is 3.71. The number of amides is 1. The summed E-state index contributed by atoms with van der Waals surface area (Å²) in [5.74, 6) is -0.0572. The summed E-state index contributed by atoms with van der Waals surface area (Å²) in [7, 11) is 0. The van der Waals surface area contributed by atoms with Gasteiger partial charge in [0.05, 0.1) is 10.9 Å². The molecule has 5 nitrogen and oxygen atoms in total. The third kappa shape index (κ3) is 4.74. The highest BCUT2D eigenvalue weighted by atomic mass is 32.2. The van der Waals surface area contributed by atoms with Crippen LogP contribution in [0, 0.1) is 0 Å². The van der Waals surface area contributed by atoms with Crippen molar-refractivity contribution in [2.24, 2.45) is 4.99 Å². The monoisotopic (exact) mass is 390 g/mol. The Bertz CT molecular complexity index is 777. The van der Waals surface area contributed by atoms with E-state index in [1.165, 1.54) is 0 Å². The van der Waals surface area contributed by atoms with Crippen molar-refractivity contribution in [3.8, 4) is 5.75 Å². The van der Waals surface area contributed by atoms with Crippen LogP contribution in [0.25, 0.3) is 6.08 Å². The number of nitrogens with zero attached hydrogens (tertiary/aromatic N) is 2. The van der Waals surface area contributed by atoms with Gasteiger partial charge in [0, 0.05) is 11.1 Å². The molecule has 1 aromatic rings. The molecular formula is C21H30N2O3S. The molecule has 148 valence electrons. The number of thioether (sulfide) groups is 1. The van der Waals surface area contributed by atoms with Crippen molar-refractivity contribution in [3.63, 3.8) is 0 Å². The van der Waals surface area contributed by atoms with E-state index in [-0.39, 0.29) is 27.9 Å². The molecule has 2 N–H and O–H groups in total. The Kier molecular flexibility index (Phi) is 5.83. The zero-order valence-electron chi connectivity index (χ0n) is 17.4. The molecule has 0 unspecified atom stereocenters. The molecule has 0 saturated carbocycles. The quantitative estimate of drug-likeness (QED) is 0.546. The molecule has 0 spiro atoms. The van der Waals surface area contributed by atoms with Gasteiger partial charge in [-0.05, 0) is 60.2 Å². The highest BCUT2D eigenvalue weighted by Gasteiger charge is 2.29. The minimum Gasteiger partial charge on any atom is -0.507 e. The molecule has 0 radical (unpaired) electrons. The molecule has 1 aliphatic heterocycles. The second-order valence-electron chi connectivity index (χ2n) is 9.21. The van der Waals surface area contributed by atoms with E-state index in [1.54, 1.807) is 6.08 Å². The van der Waals surface area contributed by atoms with Crippen LogP contribution >= 0.6 is 11.8 Å². The van der Waals surface area contributed by atoms with Crippen LogP contribution in [-0.4, -0.2) is 32.5 Å². The predicted molar refractivity (Wildman–Crippen MR) is 112 cm³/mol. The summed E-state index contributed by atoms with van der Waals surface area (Å²) in [6.07, 6.45) is 1.78. The first-order chi connectivity index (χ1) is 12.2. The van der Waals surface area contributed by atoms with Gasteiger partial charge in [-0.15, -0.1) is 0 Å². The predicted octanol–water partition coefficient (Wildman–Crippen LogP) is 5.06. The van der Waals surface area contributed by atoms with Crippen LogP contribution in [0.1, 0.15) is 72.1 Å². The molecule has 0 bridgehead atoms. The maximum atomic E-state index is 12.3. The number of hydrogen-bond acceptors (Lipinski definition) is 5. The van der Waals surface area contributed by atoms with E-state index in [9.17, 15) is 15.1 Å². The van der Waals surface area contributed by atoms with Gasteiger partial charge in [0.25, 0.3) is 5.91 Å². The molecule has 27 heavy (non-hydrogen) atoms. The third-order valence-electron chi connectivity index (χ3n) is 4.34. The highest BCUT2D eigenvalue weighted by Crippen LogP contribution is 2.41. The lowest BCUT2D eigenvalue weighted by Gasteiger charge is -2.28. The van der Waals surface area contributed by atoms with Gasteiger partial charge in [-0.2, -0.15) is 4.99 Å². The second-order valence-corrected chi connectivity index (χ2v) is 10.2. The van der Waals surface area contributed by atoms with E-state index < -0.39 is 0 Å². The van der Waals surface area contributed by atoms with Crippen LogP contribution in [0.4, 0.5) is 0 Å². The lowest BCUT2D eigenvalue weighted by Crippen LogP contribution is -2.30. The van der Waals surface area contributed by atoms with Gasteiger partial charge in [0.2, 0.25) is 0 Å². The maximum Gasteiger partial charge on any atom is 0.286 e. The van der Waals surface area contributed by atoms with Crippen LogP contribution in [0.3, 0.4) is 0 Å². The third-order valence-corrected chi connectivity index (χ3v) is 5.31. The van der Waals surface area contributed by atoms with Crippen LogP contribution in [0.5, 0.6) is 5.75 Å². The normalized spacial score (nSPS) is 17.0. The molecule has 1 amide bonds. The van der Waals surface area contributed by atoms with Crippen molar-refractivity contribution >= 4 is 28.9 Å². The van der Waals surface area contributed by atoms with E-state index in [0.717, 1.165) is 33.5 Å². The Morgan fingerprint density at radius 3 is 1.96 bits per heavy atom. The minimum absolute atomic E-state index is 0.169.